The van der Waals surface area contributed by atoms with Crippen molar-refractivity contribution in [1.82, 2.24) is 47.1 Å². The first-order chi connectivity index (χ1) is 40.0. The van der Waals surface area contributed by atoms with Crippen molar-refractivity contribution in [3.63, 3.8) is 0 Å². The van der Waals surface area contributed by atoms with Crippen LogP contribution in [-0.2, 0) is 75.7 Å². The molecule has 1 unspecified atom stereocenters. The number of hydrogen-bond acceptors (Lipinski definition) is 20. The lowest BCUT2D eigenvalue weighted by Gasteiger charge is -2.32. The van der Waals surface area contributed by atoms with Crippen LogP contribution in [-0.4, -0.2) is 213 Å². The van der Waals surface area contributed by atoms with E-state index in [2.05, 4.69) is 47.4 Å². The van der Waals surface area contributed by atoms with Crippen LogP contribution in [0.25, 0.3) is 10.9 Å². The highest BCUT2D eigenvalue weighted by molar-refractivity contribution is 7.98. The SMILES string of the molecule is CCO/C(C)=N\OCCCCCC(=O)NCCSCc1c(OC)ccc2c3c([nH]c12)S(=O)C[C@H](NC(=O)CNC(=O)[C@@H](NC(=O)CN)[C@@H](C)CC)C(=O)N[C@@H](CC(N)=O)C(=O)N1C[C@H](O)C[C@H]1C(=O)N[C@@H]([C@@H](C)[C@@H](O)CO)C(=O)N[C@H](CO)C3. The zero-order valence-electron chi connectivity index (χ0n) is 48.3. The van der Waals surface area contributed by atoms with Gasteiger partial charge in [-0.05, 0) is 56.2 Å². The lowest BCUT2D eigenvalue weighted by molar-refractivity contribution is -0.144. The van der Waals surface area contributed by atoms with E-state index in [0.717, 1.165) is 11.3 Å². The molecule has 470 valence electrons. The van der Waals surface area contributed by atoms with E-state index in [1.54, 1.807) is 32.9 Å². The van der Waals surface area contributed by atoms with E-state index in [-0.39, 0.29) is 28.7 Å². The number of oxime groups is 1. The molecule has 4 rings (SSSR count). The minimum absolute atomic E-state index is 0.0644. The number of methoxy groups -OCH3 is 1. The van der Waals surface area contributed by atoms with E-state index < -0.39 is 170 Å². The van der Waals surface area contributed by atoms with Crippen molar-refractivity contribution in [3.8, 4) is 5.75 Å². The molecular formula is C53H84N12O17S2. The fourth-order valence-electron chi connectivity index (χ4n) is 9.42. The van der Waals surface area contributed by atoms with Crippen LogP contribution >= 0.6 is 11.8 Å². The summed E-state index contributed by atoms with van der Waals surface area (Å²) in [5.74, 6) is -8.82. The molecule has 0 saturated carbocycles. The van der Waals surface area contributed by atoms with Gasteiger partial charge in [0.2, 0.25) is 59.1 Å². The molecule has 1 fully saturated rings. The Labute approximate surface area is 493 Å². The minimum atomic E-state index is -2.39. The van der Waals surface area contributed by atoms with Gasteiger partial charge in [0.25, 0.3) is 0 Å². The van der Waals surface area contributed by atoms with Crippen molar-refractivity contribution in [2.45, 2.75) is 145 Å². The lowest BCUT2D eigenvalue weighted by atomic mass is 9.94. The molecule has 1 aromatic heterocycles. The number of nitrogens with zero attached hydrogens (tertiary/aromatic N) is 2. The number of aliphatic hydroxyl groups is 4. The molecule has 84 heavy (non-hydrogen) atoms. The van der Waals surface area contributed by atoms with E-state index in [4.69, 9.17) is 25.8 Å². The van der Waals surface area contributed by atoms with Gasteiger partial charge < -0.3 is 93.3 Å². The second kappa shape index (κ2) is 35.0. The molecule has 2 aliphatic rings. The molecule has 11 atom stereocenters. The Kier molecular flexibility index (Phi) is 29.1. The van der Waals surface area contributed by atoms with E-state index in [1.165, 1.54) is 25.8 Å². The summed E-state index contributed by atoms with van der Waals surface area (Å²) in [6.07, 6.45) is -1.70. The Hall–Kier alpha value is -6.64. The largest absolute Gasteiger partial charge is 0.496 e. The highest BCUT2D eigenvalue weighted by atomic mass is 32.2. The molecule has 31 heteroatoms. The Morgan fingerprint density at radius 1 is 0.976 bits per heavy atom. The fraction of sp³-hybridized carbons (Fsp3) is 0.660. The Bertz CT molecular complexity index is 2660. The van der Waals surface area contributed by atoms with E-state index in [0.29, 0.717) is 79.3 Å². The van der Waals surface area contributed by atoms with Gasteiger partial charge in [0.1, 0.15) is 47.6 Å². The summed E-state index contributed by atoms with van der Waals surface area (Å²) in [5, 5.41) is 64.6. The zero-order chi connectivity index (χ0) is 62.2. The number of rotatable bonds is 28. The summed E-state index contributed by atoms with van der Waals surface area (Å²) in [5.41, 5.74) is 12.2. The number of nitrogens with two attached hydrogens (primary N) is 2. The van der Waals surface area contributed by atoms with E-state index in [9.17, 15) is 63.6 Å². The van der Waals surface area contributed by atoms with Crippen molar-refractivity contribution in [2.24, 2.45) is 28.5 Å². The number of hydrogen-bond donors (Lipinski definition) is 14. The maximum Gasteiger partial charge on any atom is 0.246 e. The number of primary amides is 1. The number of aromatic nitrogens is 1. The first kappa shape index (κ1) is 69.9. The van der Waals surface area contributed by atoms with Crippen LogP contribution < -0.4 is 53.4 Å². The minimum Gasteiger partial charge on any atom is -0.496 e. The monoisotopic (exact) mass is 1220 g/mol. The van der Waals surface area contributed by atoms with Crippen LogP contribution in [0.2, 0.25) is 0 Å². The molecule has 3 heterocycles. The summed E-state index contributed by atoms with van der Waals surface area (Å²) in [6, 6.07) is -6.00. The highest BCUT2D eigenvalue weighted by Gasteiger charge is 2.45. The van der Waals surface area contributed by atoms with Crippen LogP contribution in [0, 0.1) is 11.8 Å². The molecule has 0 spiro atoms. The summed E-state index contributed by atoms with van der Waals surface area (Å²) < 4.78 is 26.2. The van der Waals surface area contributed by atoms with Gasteiger partial charge in [-0.2, -0.15) is 11.8 Å². The number of aliphatic hydroxyl groups excluding tert-OH is 4. The summed E-state index contributed by atoms with van der Waals surface area (Å²) >= 11 is 1.43. The Morgan fingerprint density at radius 3 is 2.37 bits per heavy atom. The molecule has 9 amide bonds. The third kappa shape index (κ3) is 20.6. The number of nitrogens with one attached hydrogen (secondary N) is 8. The van der Waals surface area contributed by atoms with Crippen LogP contribution in [0.4, 0.5) is 0 Å². The van der Waals surface area contributed by atoms with Crippen molar-refractivity contribution in [3.05, 3.63) is 23.3 Å². The maximum absolute atomic E-state index is 15.2. The molecule has 1 aromatic carbocycles. The van der Waals surface area contributed by atoms with Gasteiger partial charge in [-0.25, -0.2) is 0 Å². The topological polar surface area (TPSA) is 447 Å². The molecule has 1 saturated heterocycles. The highest BCUT2D eigenvalue weighted by Crippen LogP contribution is 2.36. The fourth-order valence-corrected chi connectivity index (χ4v) is 11.7. The second-order valence-corrected chi connectivity index (χ2v) is 23.0. The van der Waals surface area contributed by atoms with Crippen LogP contribution in [0.15, 0.2) is 22.3 Å². The van der Waals surface area contributed by atoms with Gasteiger partial charge in [0, 0.05) is 61.2 Å². The van der Waals surface area contributed by atoms with Gasteiger partial charge in [0.15, 0.2) is 0 Å². The van der Waals surface area contributed by atoms with E-state index >= 15 is 4.21 Å². The predicted molar refractivity (Wildman–Crippen MR) is 309 cm³/mol. The summed E-state index contributed by atoms with van der Waals surface area (Å²) in [6.45, 7) is 6.19. The molecule has 16 N–H and O–H groups in total. The zero-order valence-corrected chi connectivity index (χ0v) is 50.0. The smallest absolute Gasteiger partial charge is 0.246 e. The van der Waals surface area contributed by atoms with Gasteiger partial charge in [0.05, 0.1) is 86.8 Å². The van der Waals surface area contributed by atoms with Gasteiger partial charge in [-0.3, -0.25) is 47.4 Å². The third-order valence-corrected chi connectivity index (χ3v) is 16.7. The number of ether oxygens (including phenoxy) is 2. The number of carbonyl (C=O) groups is 9. The summed E-state index contributed by atoms with van der Waals surface area (Å²) in [7, 11) is -0.949. The number of unbranched alkanes of at least 4 members (excludes halogenated alkanes) is 2. The molecule has 0 bridgehead atoms. The molecule has 2 aromatic rings. The number of benzene rings is 1. The molecule has 2 aliphatic heterocycles. The summed E-state index contributed by atoms with van der Waals surface area (Å²) in [4.78, 5) is 132. The van der Waals surface area contributed by atoms with Gasteiger partial charge in [-0.1, -0.05) is 32.3 Å². The van der Waals surface area contributed by atoms with Gasteiger partial charge >= 0.3 is 0 Å². The maximum atomic E-state index is 15.2. The first-order valence-corrected chi connectivity index (χ1v) is 30.4. The van der Waals surface area contributed by atoms with Crippen LogP contribution in [0.1, 0.15) is 90.7 Å². The Morgan fingerprint density at radius 2 is 1.71 bits per heavy atom. The lowest BCUT2D eigenvalue weighted by Crippen LogP contribution is -2.61. The number of aromatic amines is 1. The molecule has 0 aliphatic carbocycles. The van der Waals surface area contributed by atoms with Crippen molar-refractivity contribution in [2.75, 3.05) is 71.2 Å². The third-order valence-electron chi connectivity index (χ3n) is 14.2. The quantitative estimate of drug-likeness (QED) is 0.0170. The van der Waals surface area contributed by atoms with Crippen molar-refractivity contribution >= 4 is 92.5 Å². The number of H-pyrrole nitrogens is 1. The Balaban J connectivity index is 1.77. The second-order valence-electron chi connectivity index (χ2n) is 20.5. The average Bonchev–Trinajstić information content (AvgIpc) is 2.11. The number of thioether (sulfide) groups is 1. The van der Waals surface area contributed by atoms with Crippen molar-refractivity contribution < 1.29 is 82.1 Å². The van der Waals surface area contributed by atoms with Crippen LogP contribution in [0.3, 0.4) is 0 Å². The number of carbonyl (C=O) groups excluding carboxylic acids is 9. The van der Waals surface area contributed by atoms with E-state index in [1.807, 2.05) is 6.92 Å². The average molecular weight is 1230 g/mol. The normalized spacial score (nSPS) is 22.3. The standard InChI is InChI=1S/C53H84N12O17S2/c1-7-28(3)45(61-43(72)21-54)50(76)57-22-44(73)59-37-27-84(79)52-34(33-13-14-40(80-6)35(47(33)63-52)26-83-17-15-56-42(71)12-10-9-11-16-82-64-30(5)81-8-2)18-31(24-66)58-51(77)46(29(4)39(69)25-67)62-49(75)38-19-32(68)23-65(38)53(78)36(20-41(55)70)60-48(37)74/h13-14,28-29,31-32,36-39,45-46,63,66-69H,7-12,15-27,54H2,1-6H3,(H2,55,70)(H,56,71)(H,57,76)(H,58,77)(H,59,73)(H,60,74)(H,61,72)(H,62,75)/b64-30-/t28-,29-,31-,32+,36-,37-,38-,39-,45-,46-,84?/m0/s1. The van der Waals surface area contributed by atoms with Crippen LogP contribution in [0.5, 0.6) is 5.75 Å². The number of fused-ring (bicyclic) bond motifs is 4. The predicted octanol–water partition coefficient (Wildman–Crippen LogP) is -3.50. The van der Waals surface area contributed by atoms with Crippen molar-refractivity contribution in [1.29, 1.82) is 0 Å². The molecular weight excluding hydrogens is 1140 g/mol. The first-order valence-electron chi connectivity index (χ1n) is 27.9. The molecule has 29 nitrogen and oxygen atoms in total. The van der Waals surface area contributed by atoms with Gasteiger partial charge in [-0.15, -0.1) is 0 Å². The molecule has 0 radical (unpaired) electrons. The number of amides is 9.